The van der Waals surface area contributed by atoms with Crippen molar-refractivity contribution in [2.24, 2.45) is 10.4 Å². The van der Waals surface area contributed by atoms with E-state index in [9.17, 15) is 4.79 Å². The fourth-order valence-corrected chi connectivity index (χ4v) is 3.36. The van der Waals surface area contributed by atoms with Crippen LogP contribution in [0.15, 0.2) is 4.99 Å². The number of nitrogens with one attached hydrogen (secondary N) is 3. The topological polar surface area (TPSA) is 84.0 Å². The molecule has 0 aromatic carbocycles. The molecule has 158 valence electrons. The Labute approximate surface area is 165 Å². The maximum Gasteiger partial charge on any atom is 0.407 e. The fraction of sp³-hybridized carbons (Fsp3) is 0.900. The van der Waals surface area contributed by atoms with Crippen LogP contribution in [0.4, 0.5) is 4.79 Å². The lowest BCUT2D eigenvalue weighted by Gasteiger charge is -2.30. The molecule has 0 saturated heterocycles. The molecule has 0 aliphatic heterocycles. The highest BCUT2D eigenvalue weighted by atomic mass is 16.6. The van der Waals surface area contributed by atoms with Crippen molar-refractivity contribution < 1.29 is 14.3 Å². The summed E-state index contributed by atoms with van der Waals surface area (Å²) >= 11 is 0. The van der Waals surface area contributed by atoms with Gasteiger partial charge in [0, 0.05) is 39.9 Å². The van der Waals surface area contributed by atoms with Gasteiger partial charge in [-0.2, -0.15) is 0 Å². The molecule has 0 bridgehead atoms. The van der Waals surface area contributed by atoms with Gasteiger partial charge in [-0.25, -0.2) is 4.79 Å². The van der Waals surface area contributed by atoms with Gasteiger partial charge in [-0.1, -0.05) is 12.8 Å². The van der Waals surface area contributed by atoms with E-state index in [1.54, 1.807) is 7.05 Å². The molecule has 0 aromatic heterocycles. The van der Waals surface area contributed by atoms with Gasteiger partial charge < -0.3 is 25.4 Å². The third-order valence-corrected chi connectivity index (χ3v) is 4.81. The normalized spacial score (nSPS) is 16.9. The Morgan fingerprint density at radius 3 is 2.37 bits per heavy atom. The zero-order valence-corrected chi connectivity index (χ0v) is 18.0. The molecular formula is C20H40N4O3. The van der Waals surface area contributed by atoms with Gasteiger partial charge in [0.15, 0.2) is 5.96 Å². The number of guanidine groups is 1. The average molecular weight is 385 g/mol. The first-order valence-electron chi connectivity index (χ1n) is 10.3. The minimum absolute atomic E-state index is 0.324. The Morgan fingerprint density at radius 2 is 1.78 bits per heavy atom. The van der Waals surface area contributed by atoms with Gasteiger partial charge in [0.1, 0.15) is 5.60 Å². The molecule has 0 unspecified atom stereocenters. The fourth-order valence-electron chi connectivity index (χ4n) is 3.36. The predicted molar refractivity (Wildman–Crippen MR) is 110 cm³/mol. The first kappa shape index (κ1) is 23.5. The number of amides is 1. The molecule has 1 saturated carbocycles. The molecule has 7 heteroatoms. The largest absolute Gasteiger partial charge is 0.444 e. The van der Waals surface area contributed by atoms with E-state index in [2.05, 4.69) is 20.9 Å². The van der Waals surface area contributed by atoms with Crippen LogP contribution in [0, 0.1) is 5.41 Å². The lowest BCUT2D eigenvalue weighted by molar-refractivity contribution is 0.0527. The summed E-state index contributed by atoms with van der Waals surface area (Å²) in [5, 5.41) is 9.56. The molecule has 1 amide bonds. The van der Waals surface area contributed by atoms with Gasteiger partial charge >= 0.3 is 6.09 Å². The monoisotopic (exact) mass is 384 g/mol. The SMILES string of the molecule is CCOCCC1(CNC(=NC)NCCCNC(=O)OC(C)(C)C)CCCC1. The Balaban J connectivity index is 2.24. The number of carbonyl (C=O) groups excluding carboxylic acids is 1. The number of carbonyl (C=O) groups is 1. The van der Waals surface area contributed by atoms with Crippen molar-refractivity contribution in [1.82, 2.24) is 16.0 Å². The van der Waals surface area contributed by atoms with Crippen LogP contribution in [-0.4, -0.2) is 57.5 Å². The Kier molecular flexibility index (Phi) is 10.5. The second-order valence-corrected chi connectivity index (χ2v) is 8.29. The number of rotatable bonds is 10. The van der Waals surface area contributed by atoms with Crippen LogP contribution in [0.2, 0.25) is 0 Å². The second kappa shape index (κ2) is 12.1. The summed E-state index contributed by atoms with van der Waals surface area (Å²) in [5.74, 6) is 0.815. The van der Waals surface area contributed by atoms with Crippen LogP contribution in [0.1, 0.15) is 66.2 Å². The maximum atomic E-state index is 11.6. The van der Waals surface area contributed by atoms with E-state index in [0.717, 1.165) is 45.1 Å². The summed E-state index contributed by atoms with van der Waals surface area (Å²) in [6, 6.07) is 0. The number of ether oxygens (including phenoxy) is 2. The van der Waals surface area contributed by atoms with E-state index in [1.807, 2.05) is 27.7 Å². The second-order valence-electron chi connectivity index (χ2n) is 8.29. The van der Waals surface area contributed by atoms with Gasteiger partial charge in [0.05, 0.1) is 0 Å². The smallest absolute Gasteiger partial charge is 0.407 e. The summed E-state index contributed by atoms with van der Waals surface area (Å²) in [7, 11) is 1.79. The molecule has 1 fully saturated rings. The Morgan fingerprint density at radius 1 is 1.11 bits per heavy atom. The number of aliphatic imine (C=N–C) groups is 1. The molecule has 1 aliphatic carbocycles. The molecule has 0 radical (unpaired) electrons. The number of hydrogen-bond acceptors (Lipinski definition) is 4. The molecule has 0 spiro atoms. The van der Waals surface area contributed by atoms with Crippen molar-refractivity contribution >= 4 is 12.1 Å². The number of nitrogens with zero attached hydrogens (tertiary/aromatic N) is 1. The van der Waals surface area contributed by atoms with Crippen molar-refractivity contribution in [1.29, 1.82) is 0 Å². The van der Waals surface area contributed by atoms with Crippen molar-refractivity contribution in [2.75, 3.05) is 39.9 Å². The highest BCUT2D eigenvalue weighted by molar-refractivity contribution is 5.79. The highest BCUT2D eigenvalue weighted by Crippen LogP contribution is 2.40. The van der Waals surface area contributed by atoms with E-state index in [1.165, 1.54) is 25.7 Å². The van der Waals surface area contributed by atoms with Crippen LogP contribution in [0.3, 0.4) is 0 Å². The van der Waals surface area contributed by atoms with Gasteiger partial charge in [-0.15, -0.1) is 0 Å². The van der Waals surface area contributed by atoms with Gasteiger partial charge in [0.2, 0.25) is 0 Å². The molecule has 3 N–H and O–H groups in total. The van der Waals surface area contributed by atoms with E-state index in [-0.39, 0.29) is 6.09 Å². The van der Waals surface area contributed by atoms with Crippen LogP contribution in [0.25, 0.3) is 0 Å². The van der Waals surface area contributed by atoms with E-state index in [0.29, 0.717) is 12.0 Å². The van der Waals surface area contributed by atoms with Crippen molar-refractivity contribution in [3.05, 3.63) is 0 Å². The molecule has 27 heavy (non-hydrogen) atoms. The Bertz CT molecular complexity index is 455. The van der Waals surface area contributed by atoms with E-state index in [4.69, 9.17) is 9.47 Å². The minimum Gasteiger partial charge on any atom is -0.444 e. The quantitative estimate of drug-likeness (QED) is 0.306. The lowest BCUT2D eigenvalue weighted by Crippen LogP contribution is -2.44. The predicted octanol–water partition coefficient (Wildman–Crippen LogP) is 3.05. The van der Waals surface area contributed by atoms with Crippen LogP contribution < -0.4 is 16.0 Å². The highest BCUT2D eigenvalue weighted by Gasteiger charge is 2.33. The van der Waals surface area contributed by atoms with Gasteiger partial charge in [0.25, 0.3) is 0 Å². The maximum absolute atomic E-state index is 11.6. The molecule has 1 aliphatic rings. The van der Waals surface area contributed by atoms with Crippen LogP contribution in [0.5, 0.6) is 0 Å². The van der Waals surface area contributed by atoms with E-state index >= 15 is 0 Å². The molecular weight excluding hydrogens is 344 g/mol. The first-order valence-corrected chi connectivity index (χ1v) is 10.3. The van der Waals surface area contributed by atoms with E-state index < -0.39 is 5.60 Å². The lowest BCUT2D eigenvalue weighted by atomic mass is 9.83. The molecule has 0 atom stereocenters. The molecule has 0 aromatic rings. The zero-order chi connectivity index (χ0) is 20.2. The third kappa shape index (κ3) is 10.4. The zero-order valence-electron chi connectivity index (χ0n) is 18.0. The van der Waals surface area contributed by atoms with Crippen molar-refractivity contribution in [2.45, 2.75) is 71.8 Å². The summed E-state index contributed by atoms with van der Waals surface area (Å²) in [5.41, 5.74) is -0.141. The van der Waals surface area contributed by atoms with Crippen LogP contribution >= 0.6 is 0 Å². The Hall–Kier alpha value is -1.50. The summed E-state index contributed by atoms with van der Waals surface area (Å²) < 4.78 is 10.8. The van der Waals surface area contributed by atoms with Crippen LogP contribution in [-0.2, 0) is 9.47 Å². The molecule has 1 rings (SSSR count). The number of alkyl carbamates (subject to hydrolysis) is 1. The first-order chi connectivity index (χ1) is 12.8. The minimum atomic E-state index is -0.466. The molecule has 0 heterocycles. The summed E-state index contributed by atoms with van der Waals surface area (Å²) in [6.45, 7) is 11.5. The van der Waals surface area contributed by atoms with Gasteiger partial charge in [-0.3, -0.25) is 4.99 Å². The number of hydrogen-bond donors (Lipinski definition) is 3. The third-order valence-electron chi connectivity index (χ3n) is 4.81. The summed E-state index contributed by atoms with van der Waals surface area (Å²) in [4.78, 5) is 15.9. The summed E-state index contributed by atoms with van der Waals surface area (Å²) in [6.07, 6.45) is 6.64. The standard InChI is InChI=1S/C20H40N4O3/c1-6-26-15-12-20(10-7-8-11-20)16-24-17(21-5)22-13-9-14-23-18(25)27-19(2,3)4/h6-16H2,1-5H3,(H,23,25)(H2,21,22,24). The average Bonchev–Trinajstić information content (AvgIpc) is 3.05. The molecule has 7 nitrogen and oxygen atoms in total. The van der Waals surface area contributed by atoms with Crippen molar-refractivity contribution in [3.8, 4) is 0 Å². The van der Waals surface area contributed by atoms with Crippen molar-refractivity contribution in [3.63, 3.8) is 0 Å². The van der Waals surface area contributed by atoms with Gasteiger partial charge in [-0.05, 0) is 58.8 Å².